The molecule has 0 fully saturated rings. The molecule has 0 aliphatic carbocycles. The van der Waals surface area contributed by atoms with E-state index in [1.807, 2.05) is 12.1 Å². The molecule has 0 saturated carbocycles. The Morgan fingerprint density at radius 1 is 1.36 bits per heavy atom. The predicted molar refractivity (Wildman–Crippen MR) is 52.2 cm³/mol. The highest BCUT2D eigenvalue weighted by Crippen LogP contribution is 2.22. The van der Waals surface area contributed by atoms with Gasteiger partial charge >= 0.3 is 5.63 Å². The minimum Gasteiger partial charge on any atom is -0.478 e. The maximum atomic E-state index is 11.1. The van der Waals surface area contributed by atoms with Gasteiger partial charge in [-0.25, -0.2) is 4.79 Å². The topological polar surface area (TPSA) is 65.5 Å². The van der Waals surface area contributed by atoms with Crippen LogP contribution >= 0.6 is 0 Å². The van der Waals surface area contributed by atoms with Crippen LogP contribution in [0.4, 0.5) is 0 Å². The summed E-state index contributed by atoms with van der Waals surface area (Å²) >= 11 is 0. The first kappa shape index (κ1) is 8.77. The van der Waals surface area contributed by atoms with Crippen molar-refractivity contribution < 1.29 is 9.15 Å². The first-order chi connectivity index (χ1) is 6.81. The number of fused-ring (bicyclic) bond motifs is 1. The van der Waals surface area contributed by atoms with Crippen molar-refractivity contribution in [3.63, 3.8) is 0 Å². The van der Waals surface area contributed by atoms with E-state index >= 15 is 0 Å². The second kappa shape index (κ2) is 3.51. The molecule has 0 atom stereocenters. The SMILES string of the molecule is NCOc1cc(=O)oc2ccccc12. The first-order valence-corrected chi connectivity index (χ1v) is 4.17. The lowest BCUT2D eigenvalue weighted by atomic mass is 10.2. The van der Waals surface area contributed by atoms with Crippen LogP contribution in [0, 0.1) is 0 Å². The molecule has 0 spiro atoms. The van der Waals surface area contributed by atoms with Crippen LogP contribution in [0.5, 0.6) is 5.75 Å². The molecular weight excluding hydrogens is 182 g/mol. The van der Waals surface area contributed by atoms with Gasteiger partial charge in [0.25, 0.3) is 0 Å². The van der Waals surface area contributed by atoms with Crippen molar-refractivity contribution in [2.45, 2.75) is 0 Å². The molecule has 0 bridgehead atoms. The minimum atomic E-state index is -0.438. The third-order valence-electron chi connectivity index (χ3n) is 1.85. The zero-order valence-electron chi connectivity index (χ0n) is 7.40. The molecule has 0 amide bonds. The quantitative estimate of drug-likeness (QED) is 0.570. The van der Waals surface area contributed by atoms with E-state index in [-0.39, 0.29) is 6.73 Å². The molecule has 1 aromatic carbocycles. The molecular formula is C10H9NO3. The molecule has 4 nitrogen and oxygen atoms in total. The minimum absolute atomic E-state index is 0.0352. The van der Waals surface area contributed by atoms with Crippen molar-refractivity contribution in [3.8, 4) is 5.75 Å². The molecule has 0 unspecified atom stereocenters. The summed E-state index contributed by atoms with van der Waals surface area (Å²) in [5, 5.41) is 0.748. The van der Waals surface area contributed by atoms with Gasteiger partial charge in [0.1, 0.15) is 18.1 Å². The van der Waals surface area contributed by atoms with Crippen LogP contribution in [0.1, 0.15) is 0 Å². The zero-order chi connectivity index (χ0) is 9.97. The van der Waals surface area contributed by atoms with Crippen LogP contribution in [-0.2, 0) is 0 Å². The van der Waals surface area contributed by atoms with E-state index in [2.05, 4.69) is 0 Å². The summed E-state index contributed by atoms with van der Waals surface area (Å²) in [6.45, 7) is 0.0352. The summed E-state index contributed by atoms with van der Waals surface area (Å²) < 4.78 is 10.1. The molecule has 1 heterocycles. The van der Waals surface area contributed by atoms with E-state index in [4.69, 9.17) is 14.9 Å². The molecule has 2 aromatic rings. The highest BCUT2D eigenvalue weighted by atomic mass is 16.5. The Kier molecular flexibility index (Phi) is 2.20. The van der Waals surface area contributed by atoms with Gasteiger partial charge in [-0.05, 0) is 12.1 Å². The molecule has 0 saturated heterocycles. The summed E-state index contributed by atoms with van der Waals surface area (Å²) in [6, 6.07) is 8.43. The standard InChI is InChI=1S/C10H9NO3/c11-6-13-9-5-10(12)14-8-4-2-1-3-7(8)9/h1-5H,6,11H2. The molecule has 2 rings (SSSR count). The van der Waals surface area contributed by atoms with Crippen molar-refractivity contribution in [2.24, 2.45) is 5.73 Å². The Balaban J connectivity index is 2.73. The van der Waals surface area contributed by atoms with Crippen molar-refractivity contribution in [1.82, 2.24) is 0 Å². The highest BCUT2D eigenvalue weighted by Gasteiger charge is 2.04. The fourth-order valence-electron chi connectivity index (χ4n) is 1.29. The fraction of sp³-hybridized carbons (Fsp3) is 0.100. The van der Waals surface area contributed by atoms with Gasteiger partial charge in [-0.3, -0.25) is 5.73 Å². The zero-order valence-corrected chi connectivity index (χ0v) is 7.40. The summed E-state index contributed by atoms with van der Waals surface area (Å²) in [5.41, 5.74) is 5.31. The van der Waals surface area contributed by atoms with E-state index in [0.717, 1.165) is 5.39 Å². The Hall–Kier alpha value is -1.81. The maximum absolute atomic E-state index is 11.1. The molecule has 14 heavy (non-hydrogen) atoms. The van der Waals surface area contributed by atoms with Crippen molar-refractivity contribution in [1.29, 1.82) is 0 Å². The summed E-state index contributed by atoms with van der Waals surface area (Å²) in [7, 11) is 0. The molecule has 4 heteroatoms. The van der Waals surface area contributed by atoms with Gasteiger partial charge < -0.3 is 9.15 Å². The van der Waals surface area contributed by atoms with Gasteiger partial charge in [0, 0.05) is 0 Å². The van der Waals surface area contributed by atoms with Crippen LogP contribution in [0.2, 0.25) is 0 Å². The Bertz CT molecular complexity index is 504. The second-order valence-electron chi connectivity index (χ2n) is 2.74. The number of hydrogen-bond donors (Lipinski definition) is 1. The second-order valence-corrected chi connectivity index (χ2v) is 2.74. The Morgan fingerprint density at radius 2 is 2.14 bits per heavy atom. The normalized spacial score (nSPS) is 10.4. The molecule has 2 N–H and O–H groups in total. The van der Waals surface area contributed by atoms with Gasteiger partial charge in [-0.15, -0.1) is 0 Å². The number of para-hydroxylation sites is 1. The van der Waals surface area contributed by atoms with E-state index in [1.165, 1.54) is 6.07 Å². The average Bonchev–Trinajstić information content (AvgIpc) is 2.18. The predicted octanol–water partition coefficient (Wildman–Crippen LogP) is 1.09. The van der Waals surface area contributed by atoms with Crippen LogP contribution in [0.3, 0.4) is 0 Å². The van der Waals surface area contributed by atoms with Gasteiger partial charge in [0.05, 0.1) is 11.5 Å². The van der Waals surface area contributed by atoms with Gasteiger partial charge in [0.15, 0.2) is 0 Å². The van der Waals surface area contributed by atoms with Crippen LogP contribution < -0.4 is 16.1 Å². The number of nitrogens with two attached hydrogens (primary N) is 1. The van der Waals surface area contributed by atoms with E-state index in [1.54, 1.807) is 12.1 Å². The van der Waals surface area contributed by atoms with Crippen molar-refractivity contribution in [3.05, 3.63) is 40.8 Å². The Labute approximate surface area is 79.9 Å². The molecule has 72 valence electrons. The third-order valence-corrected chi connectivity index (χ3v) is 1.85. The average molecular weight is 191 g/mol. The van der Waals surface area contributed by atoms with Crippen LogP contribution in [-0.4, -0.2) is 6.73 Å². The molecule has 0 aliphatic heterocycles. The number of ether oxygens (including phenoxy) is 1. The van der Waals surface area contributed by atoms with E-state index in [9.17, 15) is 4.79 Å². The number of benzene rings is 1. The molecule has 0 radical (unpaired) electrons. The van der Waals surface area contributed by atoms with E-state index in [0.29, 0.717) is 11.3 Å². The van der Waals surface area contributed by atoms with Crippen LogP contribution in [0.25, 0.3) is 11.0 Å². The maximum Gasteiger partial charge on any atom is 0.339 e. The lowest BCUT2D eigenvalue weighted by Gasteiger charge is -2.04. The lowest BCUT2D eigenvalue weighted by molar-refractivity contribution is 0.330. The van der Waals surface area contributed by atoms with E-state index < -0.39 is 5.63 Å². The van der Waals surface area contributed by atoms with Gasteiger partial charge in [0.2, 0.25) is 0 Å². The number of rotatable bonds is 2. The molecule has 1 aromatic heterocycles. The van der Waals surface area contributed by atoms with Crippen molar-refractivity contribution in [2.75, 3.05) is 6.73 Å². The van der Waals surface area contributed by atoms with Crippen LogP contribution in [0.15, 0.2) is 39.5 Å². The largest absolute Gasteiger partial charge is 0.478 e. The third kappa shape index (κ3) is 1.47. The van der Waals surface area contributed by atoms with Gasteiger partial charge in [-0.1, -0.05) is 12.1 Å². The smallest absolute Gasteiger partial charge is 0.339 e. The highest BCUT2D eigenvalue weighted by molar-refractivity contribution is 5.82. The lowest BCUT2D eigenvalue weighted by Crippen LogP contribution is -2.09. The Morgan fingerprint density at radius 3 is 2.93 bits per heavy atom. The molecule has 0 aliphatic rings. The first-order valence-electron chi connectivity index (χ1n) is 4.17. The summed E-state index contributed by atoms with van der Waals surface area (Å²) in [4.78, 5) is 11.1. The monoisotopic (exact) mass is 191 g/mol. The summed E-state index contributed by atoms with van der Waals surface area (Å²) in [6.07, 6.45) is 0. The van der Waals surface area contributed by atoms with Crippen molar-refractivity contribution >= 4 is 11.0 Å². The summed E-state index contributed by atoms with van der Waals surface area (Å²) in [5.74, 6) is 0.458. The fourth-order valence-corrected chi connectivity index (χ4v) is 1.29. The van der Waals surface area contributed by atoms with Gasteiger partial charge in [-0.2, -0.15) is 0 Å². The number of hydrogen-bond acceptors (Lipinski definition) is 4.